The molecule has 6 heteroatoms. The molecule has 0 aliphatic rings. The van der Waals surface area contributed by atoms with E-state index < -0.39 is 0 Å². The normalized spacial score (nSPS) is 12.4. The van der Waals surface area contributed by atoms with Crippen molar-refractivity contribution in [2.45, 2.75) is 5.92 Å². The van der Waals surface area contributed by atoms with Crippen LogP contribution in [0.3, 0.4) is 0 Å². The first-order valence-corrected chi connectivity index (χ1v) is 7.01. The minimum atomic E-state index is 0.0695. The summed E-state index contributed by atoms with van der Waals surface area (Å²) in [5.41, 5.74) is 5.72. The number of ether oxygens (including phenoxy) is 1. The monoisotopic (exact) mass is 302 g/mol. The summed E-state index contributed by atoms with van der Waals surface area (Å²) < 4.78 is 5.66. The van der Waals surface area contributed by atoms with E-state index in [2.05, 4.69) is 4.98 Å². The molecule has 2 N–H and O–H groups in total. The SMILES string of the molecule is NC[C@H](COc1cc(Cl)ccc1Cl)c1nccs1. The van der Waals surface area contributed by atoms with Crippen molar-refractivity contribution in [2.24, 2.45) is 5.73 Å². The first kappa shape index (κ1) is 13.6. The number of nitrogens with two attached hydrogens (primary N) is 1. The van der Waals surface area contributed by atoms with Crippen molar-refractivity contribution < 1.29 is 4.74 Å². The van der Waals surface area contributed by atoms with Crippen molar-refractivity contribution in [1.29, 1.82) is 0 Å². The number of hydrogen-bond donors (Lipinski definition) is 1. The molecule has 0 bridgehead atoms. The van der Waals surface area contributed by atoms with Crippen LogP contribution < -0.4 is 10.5 Å². The molecule has 96 valence electrons. The fourth-order valence-corrected chi connectivity index (χ4v) is 2.53. The van der Waals surface area contributed by atoms with Gasteiger partial charge in [0.05, 0.1) is 17.5 Å². The van der Waals surface area contributed by atoms with Gasteiger partial charge in [-0.2, -0.15) is 0 Å². The quantitative estimate of drug-likeness (QED) is 0.918. The molecule has 2 rings (SSSR count). The molecule has 1 aromatic heterocycles. The van der Waals surface area contributed by atoms with E-state index in [9.17, 15) is 0 Å². The van der Waals surface area contributed by atoms with Crippen LogP contribution in [-0.4, -0.2) is 18.1 Å². The second-order valence-corrected chi connectivity index (χ2v) is 5.46. The minimum Gasteiger partial charge on any atom is -0.491 e. The van der Waals surface area contributed by atoms with Crippen LogP contribution in [0.25, 0.3) is 0 Å². The maximum atomic E-state index is 6.02. The van der Waals surface area contributed by atoms with Crippen molar-refractivity contribution in [3.05, 3.63) is 44.8 Å². The maximum absolute atomic E-state index is 6.02. The Bertz CT molecular complexity index is 505. The van der Waals surface area contributed by atoms with Crippen LogP contribution in [0, 0.1) is 0 Å². The molecule has 2 aromatic rings. The van der Waals surface area contributed by atoms with E-state index in [0.717, 1.165) is 5.01 Å². The molecule has 1 heterocycles. The van der Waals surface area contributed by atoms with Gasteiger partial charge in [0.2, 0.25) is 0 Å². The number of hydrogen-bond acceptors (Lipinski definition) is 4. The lowest BCUT2D eigenvalue weighted by molar-refractivity contribution is 0.290. The highest BCUT2D eigenvalue weighted by molar-refractivity contribution is 7.09. The third-order valence-electron chi connectivity index (χ3n) is 2.42. The van der Waals surface area contributed by atoms with Crippen molar-refractivity contribution in [3.63, 3.8) is 0 Å². The molecule has 0 spiro atoms. The van der Waals surface area contributed by atoms with Crippen molar-refractivity contribution in [3.8, 4) is 5.75 Å². The predicted molar refractivity (Wildman–Crippen MR) is 75.9 cm³/mol. The summed E-state index contributed by atoms with van der Waals surface area (Å²) in [4.78, 5) is 4.24. The lowest BCUT2D eigenvalue weighted by Crippen LogP contribution is -2.19. The third-order valence-corrected chi connectivity index (χ3v) is 3.90. The van der Waals surface area contributed by atoms with Crippen molar-refractivity contribution >= 4 is 34.5 Å². The topological polar surface area (TPSA) is 48.1 Å². The van der Waals surface area contributed by atoms with Crippen LogP contribution in [0.1, 0.15) is 10.9 Å². The van der Waals surface area contributed by atoms with Crippen LogP contribution in [0.15, 0.2) is 29.8 Å². The Morgan fingerprint density at radius 2 is 2.22 bits per heavy atom. The van der Waals surface area contributed by atoms with E-state index >= 15 is 0 Å². The summed E-state index contributed by atoms with van der Waals surface area (Å²) in [5, 5.41) is 4.02. The van der Waals surface area contributed by atoms with E-state index in [0.29, 0.717) is 28.9 Å². The molecule has 0 aliphatic carbocycles. The van der Waals surface area contributed by atoms with Crippen LogP contribution in [0.5, 0.6) is 5.75 Å². The third kappa shape index (κ3) is 3.36. The number of aromatic nitrogens is 1. The van der Waals surface area contributed by atoms with E-state index in [4.69, 9.17) is 33.7 Å². The Kier molecular flexibility index (Phi) is 4.83. The molecule has 0 radical (unpaired) electrons. The fraction of sp³-hybridized carbons (Fsp3) is 0.250. The lowest BCUT2D eigenvalue weighted by Gasteiger charge is -2.14. The van der Waals surface area contributed by atoms with E-state index in [-0.39, 0.29) is 5.92 Å². The summed E-state index contributed by atoms with van der Waals surface area (Å²) in [7, 11) is 0. The zero-order valence-corrected chi connectivity index (χ0v) is 11.8. The Morgan fingerprint density at radius 3 is 2.89 bits per heavy atom. The number of halogens is 2. The smallest absolute Gasteiger partial charge is 0.139 e. The molecule has 0 fully saturated rings. The van der Waals surface area contributed by atoms with Gasteiger partial charge in [-0.05, 0) is 12.1 Å². The van der Waals surface area contributed by atoms with Gasteiger partial charge in [-0.15, -0.1) is 11.3 Å². The molecular weight excluding hydrogens is 291 g/mol. The van der Waals surface area contributed by atoms with Crippen LogP contribution in [-0.2, 0) is 0 Å². The zero-order chi connectivity index (χ0) is 13.0. The van der Waals surface area contributed by atoms with Crippen molar-refractivity contribution in [2.75, 3.05) is 13.2 Å². The van der Waals surface area contributed by atoms with Crippen molar-refractivity contribution in [1.82, 2.24) is 4.98 Å². The van der Waals surface area contributed by atoms with Gasteiger partial charge in [0.1, 0.15) is 10.8 Å². The summed E-state index contributed by atoms with van der Waals surface area (Å²) in [6, 6.07) is 5.12. The van der Waals surface area contributed by atoms with E-state index in [1.54, 1.807) is 35.7 Å². The molecule has 1 atom stereocenters. The molecular formula is C12H12Cl2N2OS. The Morgan fingerprint density at radius 1 is 1.39 bits per heavy atom. The molecule has 0 saturated heterocycles. The number of nitrogens with zero attached hydrogens (tertiary/aromatic N) is 1. The highest BCUT2D eigenvalue weighted by Gasteiger charge is 2.14. The van der Waals surface area contributed by atoms with Gasteiger partial charge in [0, 0.05) is 29.2 Å². The largest absolute Gasteiger partial charge is 0.491 e. The Labute approximate surface area is 120 Å². The minimum absolute atomic E-state index is 0.0695. The molecule has 3 nitrogen and oxygen atoms in total. The highest BCUT2D eigenvalue weighted by Crippen LogP contribution is 2.29. The lowest BCUT2D eigenvalue weighted by atomic mass is 10.2. The molecule has 0 amide bonds. The molecule has 0 saturated carbocycles. The van der Waals surface area contributed by atoms with Gasteiger partial charge in [0.15, 0.2) is 0 Å². The Hall–Kier alpha value is -0.810. The predicted octanol–water partition coefficient (Wildman–Crippen LogP) is 3.57. The molecule has 0 aliphatic heterocycles. The van der Waals surface area contributed by atoms with Gasteiger partial charge < -0.3 is 10.5 Å². The number of benzene rings is 1. The number of rotatable bonds is 5. The summed E-state index contributed by atoms with van der Waals surface area (Å²) >= 11 is 13.5. The van der Waals surface area contributed by atoms with Gasteiger partial charge in [-0.25, -0.2) is 4.98 Å². The van der Waals surface area contributed by atoms with Gasteiger partial charge >= 0.3 is 0 Å². The van der Waals surface area contributed by atoms with Crippen LogP contribution >= 0.6 is 34.5 Å². The van der Waals surface area contributed by atoms with Crippen LogP contribution in [0.4, 0.5) is 0 Å². The summed E-state index contributed by atoms with van der Waals surface area (Å²) in [5.74, 6) is 0.638. The average Bonchev–Trinajstić information content (AvgIpc) is 2.88. The van der Waals surface area contributed by atoms with Crippen LogP contribution in [0.2, 0.25) is 10.0 Å². The zero-order valence-electron chi connectivity index (χ0n) is 9.48. The first-order valence-electron chi connectivity index (χ1n) is 5.38. The molecule has 0 unspecified atom stereocenters. The highest BCUT2D eigenvalue weighted by atomic mass is 35.5. The van der Waals surface area contributed by atoms with E-state index in [1.165, 1.54) is 0 Å². The summed E-state index contributed by atoms with van der Waals surface area (Å²) in [6.45, 7) is 0.912. The molecule has 1 aromatic carbocycles. The second kappa shape index (κ2) is 6.38. The van der Waals surface area contributed by atoms with Gasteiger partial charge in [-0.1, -0.05) is 23.2 Å². The molecule has 18 heavy (non-hydrogen) atoms. The van der Waals surface area contributed by atoms with E-state index in [1.807, 2.05) is 5.38 Å². The van der Waals surface area contributed by atoms with Gasteiger partial charge in [0.25, 0.3) is 0 Å². The Balaban J connectivity index is 2.04. The standard InChI is InChI=1S/C12H12Cl2N2OS/c13-9-1-2-10(14)11(5-9)17-7-8(6-15)12-16-3-4-18-12/h1-5,8H,6-7,15H2/t8-/m1/s1. The number of thiazole rings is 1. The second-order valence-electron chi connectivity index (χ2n) is 3.69. The summed E-state index contributed by atoms with van der Waals surface area (Å²) in [6.07, 6.45) is 1.76. The average molecular weight is 303 g/mol. The first-order chi connectivity index (χ1) is 8.70. The fourth-order valence-electron chi connectivity index (χ4n) is 1.45. The van der Waals surface area contributed by atoms with Gasteiger partial charge in [-0.3, -0.25) is 0 Å². The maximum Gasteiger partial charge on any atom is 0.139 e.